The van der Waals surface area contributed by atoms with E-state index in [-0.39, 0.29) is 4.90 Å². The average molecular weight is 362 g/mol. The normalized spacial score (nSPS) is 11.9. The van der Waals surface area contributed by atoms with E-state index in [1.807, 2.05) is 19.1 Å². The summed E-state index contributed by atoms with van der Waals surface area (Å²) in [6.45, 7) is 2.81. The van der Waals surface area contributed by atoms with Crippen LogP contribution in [-0.4, -0.2) is 28.7 Å². The Balaban J connectivity index is 1.84. The van der Waals surface area contributed by atoms with Crippen LogP contribution >= 0.6 is 11.8 Å². The molecule has 126 valence electrons. The fourth-order valence-corrected chi connectivity index (χ4v) is 4.09. The third-order valence-corrected chi connectivity index (χ3v) is 5.59. The van der Waals surface area contributed by atoms with Crippen LogP contribution in [0, 0.1) is 0 Å². The largest absolute Gasteiger partial charge is 0.319 e. The summed E-state index contributed by atoms with van der Waals surface area (Å²) >= 11 is 1.66. The molecule has 6 nitrogen and oxygen atoms in total. The second-order valence-corrected chi connectivity index (χ2v) is 7.91. The number of imidazole rings is 1. The van der Waals surface area contributed by atoms with E-state index in [0.717, 1.165) is 29.4 Å². The van der Waals surface area contributed by atoms with Gasteiger partial charge in [-0.05, 0) is 49.2 Å². The van der Waals surface area contributed by atoms with Gasteiger partial charge in [0.05, 0.1) is 15.9 Å². The molecule has 0 fully saturated rings. The van der Waals surface area contributed by atoms with Crippen LogP contribution in [0.1, 0.15) is 12.5 Å². The lowest BCUT2D eigenvalue weighted by Crippen LogP contribution is -2.11. The standard InChI is InChI=1S/C16H18N4O2S2/c1-2-20-15-4-3-13(24(17,21)22)11-14(15)19-16(20)23-10-7-12-5-8-18-9-6-12/h3-6,8-9,11H,2,7,10H2,1H3,(H2,17,21,22). The lowest BCUT2D eigenvalue weighted by molar-refractivity contribution is 0.598. The Bertz CT molecular complexity index is 953. The molecule has 0 aliphatic rings. The molecule has 0 amide bonds. The zero-order chi connectivity index (χ0) is 17.2. The summed E-state index contributed by atoms with van der Waals surface area (Å²) in [5.41, 5.74) is 2.79. The first-order valence-corrected chi connectivity index (χ1v) is 10.1. The molecule has 0 aliphatic carbocycles. The van der Waals surface area contributed by atoms with Gasteiger partial charge in [-0.3, -0.25) is 4.98 Å². The number of primary sulfonamides is 1. The number of sulfonamides is 1. The minimum absolute atomic E-state index is 0.0871. The number of aromatic nitrogens is 3. The summed E-state index contributed by atoms with van der Waals surface area (Å²) in [5.74, 6) is 0.884. The van der Waals surface area contributed by atoms with Crippen molar-refractivity contribution in [1.82, 2.24) is 14.5 Å². The van der Waals surface area contributed by atoms with Crippen LogP contribution in [0.5, 0.6) is 0 Å². The van der Waals surface area contributed by atoms with Crippen LogP contribution < -0.4 is 5.14 Å². The topological polar surface area (TPSA) is 90.9 Å². The van der Waals surface area contributed by atoms with E-state index in [4.69, 9.17) is 5.14 Å². The number of fused-ring (bicyclic) bond motifs is 1. The van der Waals surface area contributed by atoms with Crippen molar-refractivity contribution in [1.29, 1.82) is 0 Å². The van der Waals surface area contributed by atoms with E-state index in [9.17, 15) is 8.42 Å². The molecule has 0 atom stereocenters. The molecule has 0 radical (unpaired) electrons. The van der Waals surface area contributed by atoms with Crippen LogP contribution in [0.25, 0.3) is 11.0 Å². The number of hydrogen-bond acceptors (Lipinski definition) is 5. The summed E-state index contributed by atoms with van der Waals surface area (Å²) in [5, 5.41) is 6.08. The van der Waals surface area contributed by atoms with Crippen LogP contribution in [0.4, 0.5) is 0 Å². The van der Waals surface area contributed by atoms with Gasteiger partial charge in [-0.25, -0.2) is 18.5 Å². The van der Waals surface area contributed by atoms with Crippen molar-refractivity contribution in [2.75, 3.05) is 5.75 Å². The maximum atomic E-state index is 11.5. The predicted octanol–water partition coefficient (Wildman–Crippen LogP) is 2.43. The van der Waals surface area contributed by atoms with Gasteiger partial charge in [-0.15, -0.1) is 0 Å². The molecular formula is C16H18N4O2S2. The van der Waals surface area contributed by atoms with Gasteiger partial charge in [0.15, 0.2) is 5.16 Å². The highest BCUT2D eigenvalue weighted by Crippen LogP contribution is 2.26. The smallest absolute Gasteiger partial charge is 0.238 e. The van der Waals surface area contributed by atoms with E-state index >= 15 is 0 Å². The number of aryl methyl sites for hydroxylation is 2. The number of rotatable bonds is 6. The Morgan fingerprint density at radius 1 is 1.21 bits per heavy atom. The van der Waals surface area contributed by atoms with Gasteiger partial charge < -0.3 is 4.57 Å². The summed E-state index contributed by atoms with van der Waals surface area (Å²) < 4.78 is 25.1. The van der Waals surface area contributed by atoms with E-state index in [1.54, 1.807) is 30.2 Å². The quantitative estimate of drug-likeness (QED) is 0.680. The summed E-state index contributed by atoms with van der Waals surface area (Å²) in [4.78, 5) is 8.68. The van der Waals surface area contributed by atoms with Crippen LogP contribution in [0.15, 0.2) is 52.8 Å². The summed E-state index contributed by atoms with van der Waals surface area (Å²) in [7, 11) is -3.72. The number of nitrogens with zero attached hydrogens (tertiary/aromatic N) is 3. The first-order chi connectivity index (χ1) is 11.5. The molecule has 0 spiro atoms. The predicted molar refractivity (Wildman–Crippen MR) is 95.4 cm³/mol. The van der Waals surface area contributed by atoms with Gasteiger partial charge in [-0.2, -0.15) is 0 Å². The van der Waals surface area contributed by atoms with E-state index in [0.29, 0.717) is 5.52 Å². The van der Waals surface area contributed by atoms with E-state index < -0.39 is 10.0 Å². The first-order valence-electron chi connectivity index (χ1n) is 7.54. The maximum Gasteiger partial charge on any atom is 0.238 e. The Morgan fingerprint density at radius 2 is 1.96 bits per heavy atom. The number of pyridine rings is 1. The van der Waals surface area contributed by atoms with Gasteiger partial charge in [0.25, 0.3) is 0 Å². The van der Waals surface area contributed by atoms with Crippen molar-refractivity contribution in [2.24, 2.45) is 5.14 Å². The molecule has 2 heterocycles. The molecule has 2 N–H and O–H groups in total. The number of benzene rings is 1. The molecule has 3 aromatic rings. The van der Waals surface area contributed by atoms with Crippen LogP contribution in [0.2, 0.25) is 0 Å². The Hall–Kier alpha value is -1.90. The molecule has 0 saturated heterocycles. The van der Waals surface area contributed by atoms with Crippen molar-refractivity contribution in [3.8, 4) is 0 Å². The molecule has 0 saturated carbocycles. The number of thioether (sulfide) groups is 1. The lowest BCUT2D eigenvalue weighted by atomic mass is 10.2. The second-order valence-electron chi connectivity index (χ2n) is 5.29. The van der Waals surface area contributed by atoms with Crippen LogP contribution in [-0.2, 0) is 23.0 Å². The molecular weight excluding hydrogens is 344 g/mol. The Morgan fingerprint density at radius 3 is 2.62 bits per heavy atom. The minimum atomic E-state index is -3.72. The van der Waals surface area contributed by atoms with Gasteiger partial charge in [0.1, 0.15) is 0 Å². The molecule has 3 rings (SSSR count). The highest BCUT2D eigenvalue weighted by atomic mass is 32.2. The maximum absolute atomic E-state index is 11.5. The van der Waals surface area contributed by atoms with Crippen LogP contribution in [0.3, 0.4) is 0 Å². The van der Waals surface area contributed by atoms with Crippen molar-refractivity contribution in [3.63, 3.8) is 0 Å². The lowest BCUT2D eigenvalue weighted by Gasteiger charge is -2.05. The van der Waals surface area contributed by atoms with Crippen molar-refractivity contribution in [3.05, 3.63) is 48.3 Å². The highest BCUT2D eigenvalue weighted by Gasteiger charge is 2.14. The molecule has 24 heavy (non-hydrogen) atoms. The third-order valence-electron chi connectivity index (χ3n) is 3.70. The van der Waals surface area contributed by atoms with Crippen molar-refractivity contribution >= 4 is 32.8 Å². The monoisotopic (exact) mass is 362 g/mol. The van der Waals surface area contributed by atoms with Gasteiger partial charge >= 0.3 is 0 Å². The average Bonchev–Trinajstić information content (AvgIpc) is 2.91. The molecule has 0 aliphatic heterocycles. The van der Waals surface area contributed by atoms with Gasteiger partial charge in [-0.1, -0.05) is 11.8 Å². The second kappa shape index (κ2) is 6.92. The Kier molecular flexibility index (Phi) is 4.88. The fourth-order valence-electron chi connectivity index (χ4n) is 2.49. The van der Waals surface area contributed by atoms with Crippen molar-refractivity contribution in [2.45, 2.75) is 29.9 Å². The van der Waals surface area contributed by atoms with Gasteiger partial charge in [0.2, 0.25) is 10.0 Å². The zero-order valence-electron chi connectivity index (χ0n) is 13.2. The van der Waals surface area contributed by atoms with Gasteiger partial charge in [0, 0.05) is 24.7 Å². The Labute approximate surface area is 145 Å². The molecule has 1 aromatic carbocycles. The van der Waals surface area contributed by atoms with E-state index in [1.165, 1.54) is 17.7 Å². The minimum Gasteiger partial charge on any atom is -0.319 e. The SMILES string of the molecule is CCn1c(SCCc2ccncc2)nc2cc(S(N)(=O)=O)ccc21. The highest BCUT2D eigenvalue weighted by molar-refractivity contribution is 7.99. The molecule has 0 unspecified atom stereocenters. The number of hydrogen-bond donors (Lipinski definition) is 1. The summed E-state index contributed by atoms with van der Waals surface area (Å²) in [6, 6.07) is 8.82. The molecule has 0 bridgehead atoms. The first kappa shape index (κ1) is 16.9. The fraction of sp³-hybridized carbons (Fsp3) is 0.250. The third kappa shape index (κ3) is 3.61. The zero-order valence-corrected chi connectivity index (χ0v) is 14.8. The van der Waals surface area contributed by atoms with E-state index in [2.05, 4.69) is 14.5 Å². The summed E-state index contributed by atoms with van der Waals surface area (Å²) in [6.07, 6.45) is 4.49. The molecule has 2 aromatic heterocycles. The number of nitrogens with two attached hydrogens (primary N) is 1. The molecule has 8 heteroatoms. The van der Waals surface area contributed by atoms with Crippen molar-refractivity contribution < 1.29 is 8.42 Å².